The number of anilines is 1. The first-order valence-electron chi connectivity index (χ1n) is 7.59. The number of H-pyrrole nitrogens is 1. The van der Waals surface area contributed by atoms with Crippen LogP contribution in [0.3, 0.4) is 0 Å². The Morgan fingerprint density at radius 1 is 1.30 bits per heavy atom. The number of imidazole rings is 1. The molecule has 0 radical (unpaired) electrons. The molecule has 156 valence electrons. The topological polar surface area (TPSA) is 249 Å². The predicted molar refractivity (Wildman–Crippen MR) is 86.7 cm³/mol. The second-order valence-electron chi connectivity index (χ2n) is 6.01. The molecule has 6 atom stereocenters. The number of rotatable bonds is 6. The molecule has 1 fully saturated rings. The van der Waals surface area contributed by atoms with Crippen LogP contribution in [-0.4, -0.2) is 65.4 Å². The van der Waals surface area contributed by atoms with E-state index in [1.807, 2.05) is 0 Å². The number of nitrogens with two attached hydrogens (primary N) is 1. The molecule has 0 aliphatic carbocycles. The molecule has 1 saturated heterocycles. The van der Waals surface area contributed by atoms with Gasteiger partial charge in [0.15, 0.2) is 17.4 Å². The standard InChI is InChI=1S/C11H17N5O10P2.2Na/c12-11-14-8-5(9(19)15-11)13-2-16(8)10-7(18)6(17)4(26-10)1-25-28(23,24)3-27(20,21)22;;/h2,4,6-7,10,17-18H,1,3H2,(H,23,24)(H2,20,21,22)(H3,12,14,15,19);;/q;2*+1/p-2. The molecular weight excluding hydrogens is 470 g/mol. The number of aliphatic hydroxyl groups is 2. The van der Waals surface area contributed by atoms with Crippen LogP contribution in [-0.2, 0) is 18.4 Å². The molecule has 1 aliphatic heterocycles. The fourth-order valence-corrected chi connectivity index (χ4v) is 5.12. The summed E-state index contributed by atoms with van der Waals surface area (Å²) in [7, 11) is -10.1. The van der Waals surface area contributed by atoms with Crippen molar-refractivity contribution >= 4 is 32.3 Å². The fourth-order valence-electron chi connectivity index (χ4n) is 2.67. The smallest absolute Gasteiger partial charge is 0.778 e. The number of fused-ring (bicyclic) bond motifs is 1. The Balaban J connectivity index is 0.00000225. The first kappa shape index (κ1) is 28.4. The normalized spacial score (nSPS) is 27.6. The second-order valence-corrected chi connectivity index (χ2v) is 9.89. The van der Waals surface area contributed by atoms with Gasteiger partial charge in [0, 0.05) is 0 Å². The molecule has 30 heavy (non-hydrogen) atoms. The van der Waals surface area contributed by atoms with Gasteiger partial charge in [-0.1, -0.05) is 0 Å². The monoisotopic (exact) mass is 485 g/mol. The van der Waals surface area contributed by atoms with E-state index in [2.05, 4.69) is 19.5 Å². The molecule has 0 spiro atoms. The number of aromatic nitrogens is 4. The van der Waals surface area contributed by atoms with Crippen LogP contribution in [0.4, 0.5) is 5.95 Å². The molecule has 1 aliphatic rings. The van der Waals surface area contributed by atoms with E-state index in [1.54, 1.807) is 0 Å². The third-order valence-corrected chi connectivity index (χ3v) is 7.21. The summed E-state index contributed by atoms with van der Waals surface area (Å²) in [6, 6.07) is 0. The first-order valence-corrected chi connectivity index (χ1v) is 11.1. The maximum absolute atomic E-state index is 11.8. The van der Waals surface area contributed by atoms with Crippen molar-refractivity contribution in [2.75, 3.05) is 18.2 Å². The van der Waals surface area contributed by atoms with Crippen LogP contribution >= 0.6 is 15.2 Å². The first-order chi connectivity index (χ1) is 12.9. The number of nitrogens with one attached hydrogen (secondary N) is 1. The minimum absolute atomic E-state index is 0. The Kier molecular flexibility index (Phi) is 9.93. The number of hydrogen-bond donors (Lipinski definition) is 5. The van der Waals surface area contributed by atoms with Gasteiger partial charge in [-0.3, -0.25) is 14.3 Å². The Bertz CT molecular complexity index is 1040. The molecule has 3 rings (SSSR count). The van der Waals surface area contributed by atoms with Crippen molar-refractivity contribution in [2.24, 2.45) is 0 Å². The summed E-state index contributed by atoms with van der Waals surface area (Å²) in [6.45, 7) is -0.835. The summed E-state index contributed by atoms with van der Waals surface area (Å²) in [5.74, 6) is -1.86. The molecule has 2 aromatic rings. The molecule has 0 bridgehead atoms. The van der Waals surface area contributed by atoms with E-state index < -0.39 is 57.8 Å². The summed E-state index contributed by atoms with van der Waals surface area (Å²) < 4.78 is 33.2. The molecule has 19 heteroatoms. The maximum Gasteiger partial charge on any atom is 1.00 e. The van der Waals surface area contributed by atoms with Gasteiger partial charge in [-0.2, -0.15) is 4.98 Å². The van der Waals surface area contributed by atoms with E-state index in [0.717, 1.165) is 10.9 Å². The largest absolute Gasteiger partial charge is 1.00 e. The van der Waals surface area contributed by atoms with Crippen molar-refractivity contribution < 1.29 is 102 Å². The quantitative estimate of drug-likeness (QED) is 0.189. The van der Waals surface area contributed by atoms with Crippen LogP contribution in [0.25, 0.3) is 11.2 Å². The number of ether oxygens (including phenoxy) is 1. The molecule has 0 aromatic carbocycles. The van der Waals surface area contributed by atoms with Gasteiger partial charge in [0.2, 0.25) is 5.95 Å². The van der Waals surface area contributed by atoms with E-state index in [4.69, 9.17) is 15.4 Å². The Hall–Kier alpha value is 0.330. The Morgan fingerprint density at radius 2 is 1.93 bits per heavy atom. The minimum atomic E-state index is -5.13. The molecule has 0 saturated carbocycles. The van der Waals surface area contributed by atoms with Gasteiger partial charge in [0.25, 0.3) is 5.56 Å². The van der Waals surface area contributed by atoms with Gasteiger partial charge in [-0.05, 0) is 0 Å². The van der Waals surface area contributed by atoms with Gasteiger partial charge in [0.1, 0.15) is 33.5 Å². The van der Waals surface area contributed by atoms with Crippen LogP contribution < -0.4 is 80.2 Å². The molecular formula is C11H15N5Na2O10P2. The van der Waals surface area contributed by atoms with E-state index >= 15 is 0 Å². The molecule has 15 nitrogen and oxygen atoms in total. The summed E-state index contributed by atoms with van der Waals surface area (Å²) in [5, 5.41) is 20.3. The van der Waals surface area contributed by atoms with Crippen molar-refractivity contribution in [2.45, 2.75) is 24.5 Å². The zero-order valence-corrected chi connectivity index (χ0v) is 21.6. The second kappa shape index (κ2) is 10.5. The van der Waals surface area contributed by atoms with Crippen molar-refractivity contribution in [3.63, 3.8) is 0 Å². The number of aliphatic hydroxyl groups excluding tert-OH is 2. The maximum atomic E-state index is 11.8. The summed E-state index contributed by atoms with van der Waals surface area (Å²) in [5.41, 5.74) is 4.66. The van der Waals surface area contributed by atoms with Crippen LogP contribution in [0.5, 0.6) is 0 Å². The van der Waals surface area contributed by atoms with Crippen LogP contribution in [0.15, 0.2) is 11.1 Å². The number of aromatic amines is 1. The SMILES string of the molecule is Nc1nc2c(ncn2C2OC(COP(=O)([O-])CP(=O)([O-])O)C(O)C2O)c(=O)[nH]1.[Na+].[Na+]. The predicted octanol–water partition coefficient (Wildman–Crippen LogP) is -9.60. The van der Waals surface area contributed by atoms with Crippen LogP contribution in [0.1, 0.15) is 6.23 Å². The number of hydrogen-bond acceptors (Lipinski definition) is 12. The molecule has 6 unspecified atom stereocenters. The van der Waals surface area contributed by atoms with Gasteiger partial charge >= 0.3 is 59.1 Å². The van der Waals surface area contributed by atoms with Gasteiger partial charge < -0.3 is 49.0 Å². The zero-order valence-electron chi connectivity index (χ0n) is 15.8. The molecule has 2 aromatic heterocycles. The summed E-state index contributed by atoms with van der Waals surface area (Å²) >= 11 is 0. The number of nitrogens with zero attached hydrogens (tertiary/aromatic N) is 3. The average molecular weight is 485 g/mol. The van der Waals surface area contributed by atoms with Crippen molar-refractivity contribution in [3.8, 4) is 0 Å². The Morgan fingerprint density at radius 3 is 2.53 bits per heavy atom. The van der Waals surface area contributed by atoms with E-state index in [-0.39, 0.29) is 76.2 Å². The third-order valence-electron chi connectivity index (χ3n) is 3.85. The Labute approximate surface area is 212 Å². The van der Waals surface area contributed by atoms with Gasteiger partial charge in [-0.25, -0.2) is 4.98 Å². The van der Waals surface area contributed by atoms with Gasteiger partial charge in [0.05, 0.1) is 18.8 Å². The molecule has 3 heterocycles. The zero-order chi connectivity index (χ0) is 20.9. The summed E-state index contributed by atoms with van der Waals surface area (Å²) in [4.78, 5) is 52.6. The van der Waals surface area contributed by atoms with Crippen molar-refractivity contribution in [1.82, 2.24) is 19.5 Å². The average Bonchev–Trinajstić information content (AvgIpc) is 3.06. The van der Waals surface area contributed by atoms with Crippen molar-refractivity contribution in [3.05, 3.63) is 16.7 Å². The van der Waals surface area contributed by atoms with E-state index in [9.17, 15) is 33.9 Å². The summed E-state index contributed by atoms with van der Waals surface area (Å²) in [6.07, 6.45) is -4.83. The van der Waals surface area contributed by atoms with Crippen molar-refractivity contribution in [1.29, 1.82) is 0 Å². The van der Waals surface area contributed by atoms with E-state index in [1.165, 1.54) is 0 Å². The number of nitrogen functional groups attached to an aromatic ring is 1. The fraction of sp³-hybridized carbons (Fsp3) is 0.545. The third kappa shape index (κ3) is 6.44. The molecule has 6 N–H and O–H groups in total. The van der Waals surface area contributed by atoms with Crippen LogP contribution in [0, 0.1) is 0 Å². The minimum Gasteiger partial charge on any atom is -0.778 e. The van der Waals surface area contributed by atoms with Crippen LogP contribution in [0.2, 0.25) is 0 Å². The van der Waals surface area contributed by atoms with E-state index in [0.29, 0.717) is 0 Å². The molecule has 0 amide bonds. The van der Waals surface area contributed by atoms with Gasteiger partial charge in [-0.15, -0.1) is 0 Å².